The SMILES string of the molecule is Cc1ccc(O)c(-c2cc(-c3cccc(F)c3)cc(NCCCC(=O)O)n2)c1. The summed E-state index contributed by atoms with van der Waals surface area (Å²) in [6.07, 6.45) is 0.508. The molecule has 5 nitrogen and oxygen atoms in total. The van der Waals surface area contributed by atoms with E-state index in [4.69, 9.17) is 5.11 Å². The van der Waals surface area contributed by atoms with Crippen LogP contribution in [0.2, 0.25) is 0 Å². The van der Waals surface area contributed by atoms with Gasteiger partial charge in [-0.05, 0) is 60.9 Å². The van der Waals surface area contributed by atoms with Crippen LogP contribution in [0.3, 0.4) is 0 Å². The zero-order valence-corrected chi connectivity index (χ0v) is 15.4. The second kappa shape index (κ2) is 8.52. The molecule has 6 heteroatoms. The average molecular weight is 380 g/mol. The summed E-state index contributed by atoms with van der Waals surface area (Å²) in [5.74, 6) is -0.562. The van der Waals surface area contributed by atoms with Gasteiger partial charge in [-0.15, -0.1) is 0 Å². The van der Waals surface area contributed by atoms with E-state index < -0.39 is 5.97 Å². The number of aliphatic carboxylic acids is 1. The Morgan fingerprint density at radius 1 is 1.11 bits per heavy atom. The second-order valence-corrected chi connectivity index (χ2v) is 6.58. The summed E-state index contributed by atoms with van der Waals surface area (Å²) in [6, 6.07) is 15.1. The summed E-state index contributed by atoms with van der Waals surface area (Å²) >= 11 is 0. The molecule has 3 N–H and O–H groups in total. The molecular formula is C22H21FN2O3. The standard InChI is InChI=1S/C22H21FN2O3/c1-14-7-8-20(26)18(10-14)19-12-16(15-4-2-5-17(23)11-15)13-21(25-19)24-9-3-6-22(27)28/h2,4-5,7-8,10-13,26H,3,6,9H2,1H3,(H,24,25)(H,27,28). The van der Waals surface area contributed by atoms with Crippen LogP contribution in [-0.4, -0.2) is 27.7 Å². The lowest BCUT2D eigenvalue weighted by Gasteiger charge is -2.12. The number of hydrogen-bond acceptors (Lipinski definition) is 4. The van der Waals surface area contributed by atoms with E-state index in [0.717, 1.165) is 11.1 Å². The number of nitrogens with zero attached hydrogens (tertiary/aromatic N) is 1. The van der Waals surface area contributed by atoms with Crippen LogP contribution >= 0.6 is 0 Å². The van der Waals surface area contributed by atoms with Crippen molar-refractivity contribution < 1.29 is 19.4 Å². The molecule has 3 aromatic rings. The number of rotatable bonds is 7. The number of hydrogen-bond donors (Lipinski definition) is 3. The van der Waals surface area contributed by atoms with Crippen molar-refractivity contribution in [2.75, 3.05) is 11.9 Å². The third-order valence-electron chi connectivity index (χ3n) is 4.28. The normalized spacial score (nSPS) is 10.6. The predicted molar refractivity (Wildman–Crippen MR) is 107 cm³/mol. The lowest BCUT2D eigenvalue weighted by molar-refractivity contribution is -0.137. The molecule has 144 valence electrons. The Balaban J connectivity index is 2.00. The van der Waals surface area contributed by atoms with Crippen molar-refractivity contribution in [3.8, 4) is 28.1 Å². The molecule has 0 bridgehead atoms. The maximum atomic E-state index is 13.7. The molecule has 2 aromatic carbocycles. The first-order chi connectivity index (χ1) is 13.4. The first-order valence-electron chi connectivity index (χ1n) is 8.96. The number of aromatic hydroxyl groups is 1. The van der Waals surface area contributed by atoms with Crippen molar-refractivity contribution in [1.82, 2.24) is 4.98 Å². The molecule has 28 heavy (non-hydrogen) atoms. The highest BCUT2D eigenvalue weighted by atomic mass is 19.1. The minimum Gasteiger partial charge on any atom is -0.507 e. The van der Waals surface area contributed by atoms with Gasteiger partial charge in [-0.3, -0.25) is 4.79 Å². The highest BCUT2D eigenvalue weighted by molar-refractivity contribution is 5.76. The van der Waals surface area contributed by atoms with Crippen LogP contribution in [0.25, 0.3) is 22.4 Å². The minimum absolute atomic E-state index is 0.0577. The van der Waals surface area contributed by atoms with Gasteiger partial charge in [0, 0.05) is 18.5 Å². The third kappa shape index (κ3) is 4.85. The summed E-state index contributed by atoms with van der Waals surface area (Å²) in [7, 11) is 0. The highest BCUT2D eigenvalue weighted by Gasteiger charge is 2.11. The van der Waals surface area contributed by atoms with Crippen molar-refractivity contribution in [3.05, 3.63) is 66.0 Å². The Hall–Kier alpha value is -3.41. The topological polar surface area (TPSA) is 82.5 Å². The van der Waals surface area contributed by atoms with Crippen molar-refractivity contribution in [2.24, 2.45) is 0 Å². The number of nitrogens with one attached hydrogen (secondary N) is 1. The smallest absolute Gasteiger partial charge is 0.303 e. The molecule has 0 saturated heterocycles. The molecule has 1 heterocycles. The van der Waals surface area contributed by atoms with Crippen LogP contribution < -0.4 is 5.32 Å². The van der Waals surface area contributed by atoms with Crippen LogP contribution in [0.4, 0.5) is 10.2 Å². The van der Waals surface area contributed by atoms with Gasteiger partial charge in [-0.25, -0.2) is 9.37 Å². The molecule has 0 atom stereocenters. The van der Waals surface area contributed by atoms with Gasteiger partial charge in [-0.1, -0.05) is 23.8 Å². The molecule has 0 saturated carbocycles. The Labute approximate surface area is 162 Å². The summed E-state index contributed by atoms with van der Waals surface area (Å²) in [4.78, 5) is 15.2. The molecule has 0 spiro atoms. The lowest BCUT2D eigenvalue weighted by Crippen LogP contribution is -2.06. The van der Waals surface area contributed by atoms with Crippen LogP contribution in [-0.2, 0) is 4.79 Å². The van der Waals surface area contributed by atoms with E-state index >= 15 is 0 Å². The molecule has 3 rings (SSSR count). The number of anilines is 1. The van der Waals surface area contributed by atoms with Crippen LogP contribution in [0, 0.1) is 12.7 Å². The number of carbonyl (C=O) groups is 1. The number of halogens is 1. The van der Waals surface area contributed by atoms with Crippen molar-refractivity contribution in [3.63, 3.8) is 0 Å². The van der Waals surface area contributed by atoms with Crippen molar-refractivity contribution in [2.45, 2.75) is 19.8 Å². The molecular weight excluding hydrogens is 359 g/mol. The predicted octanol–water partition coefficient (Wildman–Crippen LogP) is 4.85. The Bertz CT molecular complexity index is 1000. The lowest BCUT2D eigenvalue weighted by atomic mass is 10.0. The third-order valence-corrected chi connectivity index (χ3v) is 4.28. The number of aryl methyl sites for hydroxylation is 1. The maximum Gasteiger partial charge on any atom is 0.303 e. The Morgan fingerprint density at radius 2 is 1.93 bits per heavy atom. The van der Waals surface area contributed by atoms with Gasteiger partial charge < -0.3 is 15.5 Å². The number of aromatic nitrogens is 1. The molecule has 0 aliphatic heterocycles. The van der Waals surface area contributed by atoms with Gasteiger partial charge in [0.25, 0.3) is 0 Å². The van der Waals surface area contributed by atoms with E-state index in [1.54, 1.807) is 36.4 Å². The molecule has 0 aliphatic rings. The van der Waals surface area contributed by atoms with E-state index in [1.165, 1.54) is 12.1 Å². The Morgan fingerprint density at radius 3 is 2.68 bits per heavy atom. The summed E-state index contributed by atoms with van der Waals surface area (Å²) in [6.45, 7) is 2.36. The number of carboxylic acids is 1. The first-order valence-corrected chi connectivity index (χ1v) is 8.96. The fourth-order valence-electron chi connectivity index (χ4n) is 2.90. The van der Waals surface area contributed by atoms with E-state index in [1.807, 2.05) is 13.0 Å². The number of benzene rings is 2. The number of pyridine rings is 1. The molecule has 1 aromatic heterocycles. The number of carboxylic acid groups (broad SMARTS) is 1. The van der Waals surface area contributed by atoms with Crippen LogP contribution in [0.1, 0.15) is 18.4 Å². The Kier molecular flexibility index (Phi) is 5.89. The van der Waals surface area contributed by atoms with Gasteiger partial charge in [0.2, 0.25) is 0 Å². The van der Waals surface area contributed by atoms with Crippen LogP contribution in [0.5, 0.6) is 5.75 Å². The molecule has 0 unspecified atom stereocenters. The minimum atomic E-state index is -0.853. The van der Waals surface area contributed by atoms with E-state index in [2.05, 4.69) is 10.3 Å². The molecule has 0 fully saturated rings. The number of phenols is 1. The highest BCUT2D eigenvalue weighted by Crippen LogP contribution is 2.33. The summed E-state index contributed by atoms with van der Waals surface area (Å²) < 4.78 is 13.7. The van der Waals surface area contributed by atoms with Gasteiger partial charge in [0.15, 0.2) is 0 Å². The quantitative estimate of drug-likeness (QED) is 0.511. The van der Waals surface area contributed by atoms with E-state index in [0.29, 0.717) is 35.6 Å². The summed E-state index contributed by atoms with van der Waals surface area (Å²) in [5, 5.41) is 22.2. The van der Waals surface area contributed by atoms with Crippen molar-refractivity contribution >= 4 is 11.8 Å². The summed E-state index contributed by atoms with van der Waals surface area (Å²) in [5.41, 5.74) is 3.52. The maximum absolute atomic E-state index is 13.7. The van der Waals surface area contributed by atoms with Gasteiger partial charge in [-0.2, -0.15) is 0 Å². The first kappa shape index (κ1) is 19.4. The second-order valence-electron chi connectivity index (χ2n) is 6.58. The van der Waals surface area contributed by atoms with Crippen molar-refractivity contribution in [1.29, 1.82) is 0 Å². The van der Waals surface area contributed by atoms with Gasteiger partial charge >= 0.3 is 5.97 Å². The van der Waals surface area contributed by atoms with Gasteiger partial charge in [0.1, 0.15) is 17.4 Å². The zero-order chi connectivity index (χ0) is 20.1. The zero-order valence-electron chi connectivity index (χ0n) is 15.4. The fourth-order valence-corrected chi connectivity index (χ4v) is 2.90. The van der Waals surface area contributed by atoms with E-state index in [9.17, 15) is 14.3 Å². The number of phenolic OH excluding ortho intramolecular Hbond substituents is 1. The van der Waals surface area contributed by atoms with Crippen LogP contribution in [0.15, 0.2) is 54.6 Å². The molecule has 0 aliphatic carbocycles. The molecule has 0 radical (unpaired) electrons. The average Bonchev–Trinajstić information content (AvgIpc) is 2.67. The van der Waals surface area contributed by atoms with E-state index in [-0.39, 0.29) is 18.0 Å². The largest absolute Gasteiger partial charge is 0.507 e. The monoisotopic (exact) mass is 380 g/mol. The molecule has 0 amide bonds. The van der Waals surface area contributed by atoms with Gasteiger partial charge in [0.05, 0.1) is 5.69 Å². The fraction of sp³-hybridized carbons (Fsp3) is 0.182.